The maximum absolute atomic E-state index is 11.7. The summed E-state index contributed by atoms with van der Waals surface area (Å²) in [6, 6.07) is 2.07. The smallest absolute Gasteiger partial charge is 0.204 e. The average molecular weight is 120 g/mol. The Morgan fingerprint density at radius 2 is 2.57 bits per heavy atom. The van der Waals surface area contributed by atoms with Gasteiger partial charge in [0.2, 0.25) is 5.22 Å². The molecule has 0 fully saturated rings. The van der Waals surface area contributed by atoms with Gasteiger partial charge in [0.15, 0.2) is 5.82 Å². The van der Waals surface area contributed by atoms with E-state index in [9.17, 15) is 4.39 Å². The van der Waals surface area contributed by atoms with Crippen LogP contribution in [0.5, 0.6) is 0 Å². The minimum atomic E-state index is -0.565. The maximum atomic E-state index is 11.7. The van der Waals surface area contributed by atoms with E-state index >= 15 is 0 Å². The molecule has 0 unspecified atom stereocenters. The zero-order valence-electron chi connectivity index (χ0n) is 3.24. The first kappa shape index (κ1) is 4.65. The summed E-state index contributed by atoms with van der Waals surface area (Å²) in [6.07, 6.45) is 0.891. The first-order valence-electron chi connectivity index (χ1n) is 1.61. The Hall–Kier alpha value is -0.500. The van der Waals surface area contributed by atoms with Gasteiger partial charge in [-0.1, -0.05) is 0 Å². The van der Waals surface area contributed by atoms with Crippen LogP contribution in [-0.4, -0.2) is 0 Å². The number of furan rings is 1. The van der Waals surface area contributed by atoms with E-state index in [1.165, 1.54) is 0 Å². The zero-order chi connectivity index (χ0) is 5.28. The van der Waals surface area contributed by atoms with Gasteiger partial charge in [-0.15, -0.1) is 0 Å². The lowest BCUT2D eigenvalue weighted by Crippen LogP contribution is -1.52. The van der Waals surface area contributed by atoms with Crippen LogP contribution in [0.1, 0.15) is 0 Å². The summed E-state index contributed by atoms with van der Waals surface area (Å²) in [5, 5.41) is -0.0440. The van der Waals surface area contributed by atoms with E-state index in [-0.39, 0.29) is 5.22 Å². The molecule has 7 heavy (non-hydrogen) atoms. The van der Waals surface area contributed by atoms with Crippen molar-refractivity contribution in [2.24, 2.45) is 0 Å². The molecule has 37 valence electrons. The molecule has 0 spiro atoms. The van der Waals surface area contributed by atoms with Crippen LogP contribution in [0, 0.1) is 11.9 Å². The van der Waals surface area contributed by atoms with Gasteiger partial charge in [0.05, 0.1) is 6.07 Å². The van der Waals surface area contributed by atoms with E-state index in [4.69, 9.17) is 11.6 Å². The van der Waals surface area contributed by atoms with Crippen LogP contribution in [-0.2, 0) is 0 Å². The standard InChI is InChI=1S/C4HClFO/c5-4-1-3(6)2-7-4/h2H. The van der Waals surface area contributed by atoms with Crippen molar-refractivity contribution in [1.29, 1.82) is 0 Å². The lowest BCUT2D eigenvalue weighted by Gasteiger charge is -1.63. The van der Waals surface area contributed by atoms with E-state index in [1.807, 2.05) is 0 Å². The van der Waals surface area contributed by atoms with Gasteiger partial charge in [-0.3, -0.25) is 0 Å². The van der Waals surface area contributed by atoms with Gasteiger partial charge in [0.1, 0.15) is 6.26 Å². The van der Waals surface area contributed by atoms with Crippen molar-refractivity contribution >= 4 is 11.6 Å². The summed E-state index contributed by atoms with van der Waals surface area (Å²) < 4.78 is 16.0. The summed E-state index contributed by atoms with van der Waals surface area (Å²) in [5.74, 6) is -0.565. The van der Waals surface area contributed by atoms with Crippen molar-refractivity contribution in [2.45, 2.75) is 0 Å². The fourth-order valence-corrected chi connectivity index (χ4v) is 0.391. The fraction of sp³-hybridized carbons (Fsp3) is 0. The molecule has 0 amide bonds. The van der Waals surface area contributed by atoms with Crippen LogP contribution in [0.4, 0.5) is 4.39 Å². The Labute approximate surface area is 44.7 Å². The van der Waals surface area contributed by atoms with Crippen molar-refractivity contribution in [3.63, 3.8) is 0 Å². The van der Waals surface area contributed by atoms with E-state index < -0.39 is 5.82 Å². The minimum Gasteiger partial charge on any atom is -0.449 e. The third kappa shape index (κ3) is 0.933. The molecule has 0 saturated heterocycles. The van der Waals surface area contributed by atoms with Crippen molar-refractivity contribution in [3.05, 3.63) is 23.4 Å². The van der Waals surface area contributed by atoms with Crippen LogP contribution in [0.15, 0.2) is 10.7 Å². The Balaban J connectivity index is 3.04. The minimum absolute atomic E-state index is 0.0440. The van der Waals surface area contributed by atoms with Crippen LogP contribution in [0.3, 0.4) is 0 Å². The second kappa shape index (κ2) is 1.54. The molecule has 0 N–H and O–H groups in total. The van der Waals surface area contributed by atoms with E-state index in [0.29, 0.717) is 0 Å². The number of hydrogen-bond acceptors (Lipinski definition) is 1. The summed E-state index contributed by atoms with van der Waals surface area (Å²) in [6.45, 7) is 0. The molecule has 1 radical (unpaired) electrons. The molecule has 1 aromatic heterocycles. The van der Waals surface area contributed by atoms with E-state index in [0.717, 1.165) is 6.26 Å². The Morgan fingerprint density at radius 1 is 1.86 bits per heavy atom. The molecule has 1 heterocycles. The van der Waals surface area contributed by atoms with Crippen LogP contribution >= 0.6 is 11.6 Å². The predicted octanol–water partition coefficient (Wildman–Crippen LogP) is 1.87. The molecule has 0 atom stereocenters. The third-order valence-electron chi connectivity index (χ3n) is 0.484. The molecule has 0 aliphatic rings. The van der Waals surface area contributed by atoms with Gasteiger partial charge in [0, 0.05) is 0 Å². The van der Waals surface area contributed by atoms with Gasteiger partial charge in [-0.25, -0.2) is 4.39 Å². The van der Waals surface area contributed by atoms with E-state index in [2.05, 4.69) is 10.5 Å². The first-order valence-corrected chi connectivity index (χ1v) is 1.98. The lowest BCUT2D eigenvalue weighted by molar-refractivity contribution is 0.534. The highest BCUT2D eigenvalue weighted by molar-refractivity contribution is 6.28. The summed E-state index contributed by atoms with van der Waals surface area (Å²) in [7, 11) is 0. The molecule has 1 aromatic rings. The number of hydrogen-bond donors (Lipinski definition) is 0. The normalized spacial score (nSPS) is 9.43. The average Bonchev–Trinajstić information content (AvgIpc) is 1.87. The predicted molar refractivity (Wildman–Crippen MR) is 22.5 cm³/mol. The second-order valence-electron chi connectivity index (χ2n) is 0.982. The highest BCUT2D eigenvalue weighted by Gasteiger charge is 1.93. The van der Waals surface area contributed by atoms with Crippen LogP contribution in [0.2, 0.25) is 5.22 Å². The van der Waals surface area contributed by atoms with Crippen LogP contribution < -0.4 is 0 Å². The third-order valence-corrected chi connectivity index (χ3v) is 0.667. The topological polar surface area (TPSA) is 13.1 Å². The number of halogens is 2. The first-order chi connectivity index (χ1) is 3.29. The van der Waals surface area contributed by atoms with Gasteiger partial charge in [0.25, 0.3) is 0 Å². The Morgan fingerprint density at radius 3 is 2.71 bits per heavy atom. The van der Waals surface area contributed by atoms with Crippen molar-refractivity contribution in [2.75, 3.05) is 0 Å². The molecular weight excluding hydrogens is 118 g/mol. The largest absolute Gasteiger partial charge is 0.449 e. The van der Waals surface area contributed by atoms with Gasteiger partial charge < -0.3 is 4.42 Å². The molecule has 0 aliphatic carbocycles. The molecule has 0 saturated carbocycles. The summed E-state index contributed by atoms with van der Waals surface area (Å²) >= 11 is 5.10. The number of rotatable bonds is 0. The summed E-state index contributed by atoms with van der Waals surface area (Å²) in [5.41, 5.74) is 0. The lowest BCUT2D eigenvalue weighted by atomic mass is 10.6. The Kier molecular flexibility index (Phi) is 1.02. The summed E-state index contributed by atoms with van der Waals surface area (Å²) in [4.78, 5) is 0. The molecule has 0 aliphatic heterocycles. The molecule has 1 nitrogen and oxygen atoms in total. The van der Waals surface area contributed by atoms with E-state index in [1.54, 1.807) is 0 Å². The van der Waals surface area contributed by atoms with Crippen molar-refractivity contribution in [1.82, 2.24) is 0 Å². The molecule has 0 bridgehead atoms. The maximum Gasteiger partial charge on any atom is 0.204 e. The van der Waals surface area contributed by atoms with Crippen molar-refractivity contribution in [3.8, 4) is 0 Å². The quantitative estimate of drug-likeness (QED) is 0.508. The second-order valence-corrected chi connectivity index (χ2v) is 1.33. The zero-order valence-corrected chi connectivity index (χ0v) is 4.00. The van der Waals surface area contributed by atoms with Gasteiger partial charge >= 0.3 is 0 Å². The van der Waals surface area contributed by atoms with Gasteiger partial charge in [-0.2, -0.15) is 0 Å². The molecule has 1 rings (SSSR count). The van der Waals surface area contributed by atoms with Crippen molar-refractivity contribution < 1.29 is 8.81 Å². The highest BCUT2D eigenvalue weighted by Crippen LogP contribution is 2.09. The SMILES string of the molecule is Fc1[c]c(Cl)oc1. The van der Waals surface area contributed by atoms with Crippen LogP contribution in [0.25, 0.3) is 0 Å². The fourth-order valence-electron chi connectivity index (χ4n) is 0.256. The highest BCUT2D eigenvalue weighted by atomic mass is 35.5. The van der Waals surface area contributed by atoms with Gasteiger partial charge in [-0.05, 0) is 11.6 Å². The molecule has 3 heteroatoms. The molecule has 0 aromatic carbocycles. The Bertz CT molecular complexity index is 144. The monoisotopic (exact) mass is 119 g/mol. The molecular formula is C4HClFO.